The van der Waals surface area contributed by atoms with Gasteiger partial charge in [0.05, 0.1) is 24.7 Å². The molecule has 5 aliphatic rings. The van der Waals surface area contributed by atoms with Crippen LogP contribution in [0.1, 0.15) is 68.8 Å². The van der Waals surface area contributed by atoms with Crippen LogP contribution in [0.25, 0.3) is 0 Å². The summed E-state index contributed by atoms with van der Waals surface area (Å²) in [4.78, 5) is 41.7. The molecule has 2 aromatic rings. The van der Waals surface area contributed by atoms with Crippen LogP contribution in [0.5, 0.6) is 0 Å². The Morgan fingerprint density at radius 3 is 2.48 bits per heavy atom. The second-order valence-electron chi connectivity index (χ2n) is 11.1. The zero-order chi connectivity index (χ0) is 27.7. The van der Waals surface area contributed by atoms with Crippen LogP contribution in [-0.2, 0) is 34.9 Å². The predicted molar refractivity (Wildman–Crippen MR) is 144 cm³/mol. The molecule has 10 heteroatoms. The number of benzene rings is 2. The summed E-state index contributed by atoms with van der Waals surface area (Å²) in [6.45, 7) is 3.21. The lowest BCUT2D eigenvalue weighted by atomic mass is 9.76. The number of hydrogen-bond donors (Lipinski definition) is 1. The van der Waals surface area contributed by atoms with Crippen molar-refractivity contribution in [2.24, 2.45) is 5.92 Å². The average Bonchev–Trinajstić information content (AvgIpc) is 3.34. The number of rotatable bonds is 4. The van der Waals surface area contributed by atoms with Crippen molar-refractivity contribution in [2.45, 2.75) is 69.3 Å². The molecule has 8 atom stereocenters. The zero-order valence-electron chi connectivity index (χ0n) is 22.3. The van der Waals surface area contributed by atoms with Crippen molar-refractivity contribution in [3.05, 3.63) is 69.8 Å². The fraction of sp³-hybridized carbons (Fsp3) is 0.500. The molecule has 0 spiro atoms. The number of methoxy groups -OCH3 is 1. The van der Waals surface area contributed by atoms with Gasteiger partial charge in [-0.3, -0.25) is 19.3 Å². The molecule has 2 aromatic carbocycles. The van der Waals surface area contributed by atoms with Crippen molar-refractivity contribution in [1.82, 2.24) is 4.90 Å². The van der Waals surface area contributed by atoms with Crippen LogP contribution >= 0.6 is 12.6 Å². The summed E-state index contributed by atoms with van der Waals surface area (Å²) in [6.07, 6.45) is -0.855. The van der Waals surface area contributed by atoms with Gasteiger partial charge in [0.2, 0.25) is 0 Å². The van der Waals surface area contributed by atoms with E-state index in [1.807, 2.05) is 13.0 Å². The number of carbonyl (C=O) groups is 3. The molecule has 40 heavy (non-hydrogen) atoms. The van der Waals surface area contributed by atoms with Crippen LogP contribution in [0.3, 0.4) is 0 Å². The van der Waals surface area contributed by atoms with Crippen molar-refractivity contribution in [3.8, 4) is 0 Å². The third-order valence-corrected chi connectivity index (χ3v) is 9.32. The number of hydrogen-bond acceptors (Lipinski definition) is 9. The number of ether oxygens (including phenoxy) is 5. The van der Waals surface area contributed by atoms with Crippen LogP contribution in [-0.4, -0.2) is 78.9 Å². The molecule has 3 unspecified atom stereocenters. The van der Waals surface area contributed by atoms with Crippen molar-refractivity contribution in [1.29, 1.82) is 0 Å². The first-order chi connectivity index (χ1) is 19.4. The fourth-order valence-electron chi connectivity index (χ4n) is 7.06. The molecule has 3 aliphatic heterocycles. The normalized spacial score (nSPS) is 34.9. The lowest BCUT2D eigenvalue weighted by Crippen LogP contribution is -2.55. The molecule has 9 nitrogen and oxygen atoms in total. The highest BCUT2D eigenvalue weighted by molar-refractivity contribution is 7.96. The van der Waals surface area contributed by atoms with Gasteiger partial charge in [-0.25, -0.2) is 0 Å². The third kappa shape index (κ3) is 4.12. The highest BCUT2D eigenvalue weighted by Crippen LogP contribution is 2.45. The molecule has 2 aliphatic carbocycles. The van der Waals surface area contributed by atoms with Gasteiger partial charge in [0.15, 0.2) is 35.5 Å². The summed E-state index contributed by atoms with van der Waals surface area (Å²) in [5, 5.41) is -0.275. The number of aryl methyl sites for hydroxylation is 1. The number of nitrogens with zero attached hydrogens (tertiary/aromatic N) is 1. The van der Waals surface area contributed by atoms with Crippen molar-refractivity contribution >= 4 is 29.3 Å². The number of fused-ring (bicyclic) bond motifs is 6. The van der Waals surface area contributed by atoms with Crippen LogP contribution in [0.4, 0.5) is 0 Å². The Kier molecular flexibility index (Phi) is 6.70. The lowest BCUT2D eigenvalue weighted by molar-refractivity contribution is -0.256. The molecule has 0 amide bonds. The molecule has 0 saturated carbocycles. The largest absolute Gasteiger partial charge is 0.352 e. The second kappa shape index (κ2) is 10.1. The Bertz CT molecular complexity index is 1400. The molecule has 0 N–H and O–H groups in total. The smallest absolute Gasteiger partial charge is 0.197 e. The summed E-state index contributed by atoms with van der Waals surface area (Å²) in [6, 6.07) is 10.5. The number of morpholine rings is 1. The van der Waals surface area contributed by atoms with E-state index in [1.54, 1.807) is 37.4 Å². The quantitative estimate of drug-likeness (QED) is 0.479. The molecular weight excluding hydrogens is 534 g/mol. The van der Waals surface area contributed by atoms with E-state index in [1.165, 1.54) is 0 Å². The first-order valence-electron chi connectivity index (χ1n) is 13.8. The highest BCUT2D eigenvalue weighted by atomic mass is 32.1. The van der Waals surface area contributed by atoms with Crippen LogP contribution < -0.4 is 0 Å². The Labute approximate surface area is 237 Å². The Morgan fingerprint density at radius 2 is 1.77 bits per heavy atom. The van der Waals surface area contributed by atoms with E-state index in [2.05, 4.69) is 17.5 Å². The third-order valence-electron chi connectivity index (χ3n) is 8.99. The van der Waals surface area contributed by atoms with Gasteiger partial charge >= 0.3 is 0 Å². The van der Waals surface area contributed by atoms with E-state index in [0.717, 1.165) is 11.1 Å². The molecule has 3 heterocycles. The minimum absolute atomic E-state index is 0.0350. The number of ketones is 2. The monoisotopic (exact) mass is 565 g/mol. The van der Waals surface area contributed by atoms with Gasteiger partial charge in [-0.05, 0) is 43.0 Å². The van der Waals surface area contributed by atoms with Gasteiger partial charge in [-0.2, -0.15) is 0 Å². The Balaban J connectivity index is 1.21. The summed E-state index contributed by atoms with van der Waals surface area (Å²) in [7, 11) is 1.61. The Morgan fingerprint density at radius 1 is 1.05 bits per heavy atom. The first kappa shape index (κ1) is 26.5. The molecule has 0 bridgehead atoms. The van der Waals surface area contributed by atoms with Crippen molar-refractivity contribution in [2.75, 3.05) is 20.3 Å². The molecule has 7 rings (SSSR count). The van der Waals surface area contributed by atoms with Crippen LogP contribution in [0.15, 0.2) is 36.4 Å². The number of carbonyl (C=O) groups excluding carboxylic acids is 3. The average molecular weight is 566 g/mol. The standard InChI is InChI=1S/C30H31NO8S/c1-14-26-22(31-9-10-36-30(35-2)28(31)39-26)13-23(37-14)38-27-18(29(34)40)8-7-15-11-20-21(12-19(15)27)25(33)17-6-4-3-5-16(17)24(20)32/h3-6,11-12,14,18,22-23,26-28,30H,7-10,13H2,1-2H3,(H,34,40)/t14-,18?,22-,23-,26+,27?,28+,30?/m0/s1. The van der Waals surface area contributed by atoms with E-state index >= 15 is 0 Å². The van der Waals surface area contributed by atoms with E-state index in [4.69, 9.17) is 23.7 Å². The maximum Gasteiger partial charge on any atom is 0.197 e. The second-order valence-corrected chi connectivity index (χ2v) is 11.6. The van der Waals surface area contributed by atoms with E-state index in [0.29, 0.717) is 54.7 Å². The van der Waals surface area contributed by atoms with Gasteiger partial charge in [-0.15, -0.1) is 12.6 Å². The van der Waals surface area contributed by atoms with E-state index in [-0.39, 0.29) is 41.2 Å². The van der Waals surface area contributed by atoms with Gasteiger partial charge in [0.1, 0.15) is 6.10 Å². The fourth-order valence-corrected chi connectivity index (χ4v) is 7.33. The summed E-state index contributed by atoms with van der Waals surface area (Å²) in [5.41, 5.74) is 3.19. The van der Waals surface area contributed by atoms with Crippen molar-refractivity contribution in [3.63, 3.8) is 0 Å². The molecule has 3 saturated heterocycles. The molecule has 0 radical (unpaired) electrons. The highest BCUT2D eigenvalue weighted by Gasteiger charge is 2.54. The SMILES string of the molecule is COC1OCCN2[C@@H]1O[C@@H]1[C@H](C)O[C@@H](OC3c4cc5c(cc4CCC3C(=O)S)C(=O)c3ccccc3C5=O)C[C@@H]12. The van der Waals surface area contributed by atoms with Gasteiger partial charge in [0, 0.05) is 48.4 Å². The lowest BCUT2D eigenvalue weighted by Gasteiger charge is -2.42. The minimum Gasteiger partial charge on any atom is -0.352 e. The van der Waals surface area contributed by atoms with Gasteiger partial charge in [-0.1, -0.05) is 24.3 Å². The van der Waals surface area contributed by atoms with Crippen LogP contribution in [0.2, 0.25) is 0 Å². The summed E-state index contributed by atoms with van der Waals surface area (Å²) in [5.74, 6) is -0.879. The zero-order valence-corrected chi connectivity index (χ0v) is 23.2. The maximum absolute atomic E-state index is 13.5. The topological polar surface area (TPSA) is 101 Å². The minimum atomic E-state index is -0.664. The van der Waals surface area contributed by atoms with E-state index < -0.39 is 24.6 Å². The number of thiol groups is 1. The Hall–Kier alpha value is -2.44. The van der Waals surface area contributed by atoms with Crippen LogP contribution in [0, 0.1) is 5.92 Å². The van der Waals surface area contributed by atoms with Gasteiger partial charge in [0.25, 0.3) is 0 Å². The first-order valence-corrected chi connectivity index (χ1v) is 14.2. The molecular formula is C30H31NO8S. The van der Waals surface area contributed by atoms with Gasteiger partial charge < -0.3 is 23.7 Å². The molecule has 210 valence electrons. The molecule has 0 aromatic heterocycles. The van der Waals surface area contributed by atoms with E-state index in [9.17, 15) is 14.4 Å². The predicted octanol–water partition coefficient (Wildman–Crippen LogP) is 3.07. The van der Waals surface area contributed by atoms with Crippen molar-refractivity contribution < 1.29 is 38.1 Å². The summed E-state index contributed by atoms with van der Waals surface area (Å²) >= 11 is 4.20. The maximum atomic E-state index is 13.5. The molecule has 3 fully saturated rings. The summed E-state index contributed by atoms with van der Waals surface area (Å²) < 4.78 is 30.5.